The van der Waals surface area contributed by atoms with Crippen molar-refractivity contribution >= 4 is 27.4 Å². The second-order valence-electron chi connectivity index (χ2n) is 4.77. The Balaban J connectivity index is 2.28. The molecular formula is C16H16BrNO. The van der Waals surface area contributed by atoms with Gasteiger partial charge in [-0.2, -0.15) is 0 Å². The summed E-state index contributed by atoms with van der Waals surface area (Å²) in [6, 6.07) is 11.5. The molecule has 0 aliphatic heterocycles. The number of ketones is 1. The molecule has 98 valence electrons. The van der Waals surface area contributed by atoms with Crippen LogP contribution in [0.3, 0.4) is 0 Å². The van der Waals surface area contributed by atoms with Crippen molar-refractivity contribution in [2.45, 2.75) is 20.3 Å². The smallest absolute Gasteiger partial charge is 0.168 e. The first kappa shape index (κ1) is 13.8. The fourth-order valence-electron chi connectivity index (χ4n) is 2.02. The zero-order valence-corrected chi connectivity index (χ0v) is 12.6. The number of nitrogen functional groups attached to an aromatic ring is 1. The maximum absolute atomic E-state index is 12.3. The van der Waals surface area contributed by atoms with Crippen molar-refractivity contribution in [1.82, 2.24) is 0 Å². The molecular weight excluding hydrogens is 302 g/mol. The standard InChI is InChI=1S/C16H16BrNO/c1-10-3-4-11(2)12(7-10)8-16(19)14-6-5-13(18)9-15(14)17/h3-7,9H,8,18H2,1-2H3. The Bertz CT molecular complexity index is 635. The van der Waals surface area contributed by atoms with E-state index in [1.54, 1.807) is 18.2 Å². The summed E-state index contributed by atoms with van der Waals surface area (Å²) < 4.78 is 0.753. The van der Waals surface area contributed by atoms with Crippen LogP contribution in [0.2, 0.25) is 0 Å². The van der Waals surface area contributed by atoms with Crippen LogP contribution in [0, 0.1) is 13.8 Å². The van der Waals surface area contributed by atoms with E-state index in [9.17, 15) is 4.79 Å². The molecule has 0 heterocycles. The Morgan fingerprint density at radius 2 is 1.89 bits per heavy atom. The lowest BCUT2D eigenvalue weighted by molar-refractivity contribution is 0.0992. The van der Waals surface area contributed by atoms with Gasteiger partial charge in [-0.3, -0.25) is 4.79 Å². The molecule has 0 amide bonds. The molecule has 2 aromatic rings. The second-order valence-corrected chi connectivity index (χ2v) is 5.62. The summed E-state index contributed by atoms with van der Waals surface area (Å²) in [4.78, 5) is 12.3. The molecule has 0 spiro atoms. The Morgan fingerprint density at radius 3 is 2.58 bits per heavy atom. The van der Waals surface area contributed by atoms with Gasteiger partial charge in [0.1, 0.15) is 0 Å². The summed E-state index contributed by atoms with van der Waals surface area (Å²) in [6.45, 7) is 4.06. The first-order valence-electron chi connectivity index (χ1n) is 6.11. The van der Waals surface area contributed by atoms with Crippen LogP contribution in [0.5, 0.6) is 0 Å². The number of hydrogen-bond acceptors (Lipinski definition) is 2. The molecule has 0 atom stereocenters. The minimum absolute atomic E-state index is 0.0978. The molecule has 3 heteroatoms. The van der Waals surface area contributed by atoms with Crippen LogP contribution in [-0.2, 0) is 6.42 Å². The number of carbonyl (C=O) groups is 1. The van der Waals surface area contributed by atoms with Crippen LogP contribution in [0.15, 0.2) is 40.9 Å². The molecule has 0 unspecified atom stereocenters. The van der Waals surface area contributed by atoms with Crippen LogP contribution < -0.4 is 5.73 Å². The van der Waals surface area contributed by atoms with Gasteiger partial charge in [0.15, 0.2) is 5.78 Å². The van der Waals surface area contributed by atoms with Gasteiger partial charge in [0.05, 0.1) is 0 Å². The van der Waals surface area contributed by atoms with E-state index in [1.807, 2.05) is 13.8 Å². The number of nitrogens with two attached hydrogens (primary N) is 1. The third-order valence-corrected chi connectivity index (χ3v) is 3.81. The summed E-state index contributed by atoms with van der Waals surface area (Å²) >= 11 is 3.39. The maximum atomic E-state index is 12.3. The fraction of sp³-hybridized carbons (Fsp3) is 0.188. The predicted molar refractivity (Wildman–Crippen MR) is 82.5 cm³/mol. The first-order valence-corrected chi connectivity index (χ1v) is 6.91. The van der Waals surface area contributed by atoms with Crippen LogP contribution >= 0.6 is 15.9 Å². The Hall–Kier alpha value is -1.61. The number of benzene rings is 2. The molecule has 0 radical (unpaired) electrons. The number of rotatable bonds is 3. The highest BCUT2D eigenvalue weighted by molar-refractivity contribution is 9.10. The van der Waals surface area contributed by atoms with Gasteiger partial charge in [-0.1, -0.05) is 23.8 Å². The Kier molecular flexibility index (Phi) is 4.05. The van der Waals surface area contributed by atoms with E-state index in [0.29, 0.717) is 17.7 Å². The number of Topliss-reactive ketones (excluding diaryl/α,β-unsaturated/α-hetero) is 1. The molecule has 0 aliphatic carbocycles. The Morgan fingerprint density at radius 1 is 1.16 bits per heavy atom. The fourth-order valence-corrected chi connectivity index (χ4v) is 2.63. The highest BCUT2D eigenvalue weighted by atomic mass is 79.9. The third kappa shape index (κ3) is 3.24. The Labute approximate surface area is 121 Å². The van der Waals surface area contributed by atoms with E-state index in [2.05, 4.69) is 34.1 Å². The second kappa shape index (κ2) is 5.57. The molecule has 0 bridgehead atoms. The first-order chi connectivity index (χ1) is 8.97. The molecule has 0 saturated heterocycles. The number of hydrogen-bond donors (Lipinski definition) is 1. The van der Waals surface area contributed by atoms with E-state index < -0.39 is 0 Å². The van der Waals surface area contributed by atoms with Crippen molar-refractivity contribution in [3.05, 3.63) is 63.1 Å². The van der Waals surface area contributed by atoms with Gasteiger partial charge in [-0.15, -0.1) is 0 Å². The predicted octanol–water partition coefficient (Wildman–Crippen LogP) is 4.07. The summed E-state index contributed by atoms with van der Waals surface area (Å²) in [7, 11) is 0. The molecule has 2 rings (SSSR count). The molecule has 0 aliphatic rings. The van der Waals surface area contributed by atoms with Gasteiger partial charge >= 0.3 is 0 Å². The number of aryl methyl sites for hydroxylation is 2. The molecule has 0 aromatic heterocycles. The number of carbonyl (C=O) groups excluding carboxylic acids is 1. The summed E-state index contributed by atoms with van der Waals surface area (Å²) in [5.41, 5.74) is 10.4. The largest absolute Gasteiger partial charge is 0.399 e. The minimum Gasteiger partial charge on any atom is -0.399 e. The number of halogens is 1. The van der Waals surface area contributed by atoms with Crippen molar-refractivity contribution in [3.8, 4) is 0 Å². The maximum Gasteiger partial charge on any atom is 0.168 e. The summed E-state index contributed by atoms with van der Waals surface area (Å²) in [5, 5.41) is 0. The lowest BCUT2D eigenvalue weighted by Gasteiger charge is -2.08. The molecule has 19 heavy (non-hydrogen) atoms. The van der Waals surface area contributed by atoms with E-state index in [4.69, 9.17) is 5.73 Å². The van der Waals surface area contributed by atoms with E-state index in [-0.39, 0.29) is 5.78 Å². The average Bonchev–Trinajstić information content (AvgIpc) is 2.33. The van der Waals surface area contributed by atoms with Crippen LogP contribution in [0.1, 0.15) is 27.0 Å². The van der Waals surface area contributed by atoms with Crippen molar-refractivity contribution in [3.63, 3.8) is 0 Å². The molecule has 0 fully saturated rings. The quantitative estimate of drug-likeness (QED) is 0.685. The number of anilines is 1. The topological polar surface area (TPSA) is 43.1 Å². The van der Waals surface area contributed by atoms with E-state index in [0.717, 1.165) is 15.6 Å². The van der Waals surface area contributed by atoms with Crippen LogP contribution in [0.25, 0.3) is 0 Å². The third-order valence-electron chi connectivity index (χ3n) is 3.15. The summed E-state index contributed by atoms with van der Waals surface area (Å²) in [5.74, 6) is 0.0978. The van der Waals surface area contributed by atoms with Gasteiger partial charge in [0, 0.05) is 22.1 Å². The highest BCUT2D eigenvalue weighted by Gasteiger charge is 2.12. The van der Waals surface area contributed by atoms with Crippen molar-refractivity contribution < 1.29 is 4.79 Å². The van der Waals surface area contributed by atoms with Crippen molar-refractivity contribution in [2.24, 2.45) is 0 Å². The zero-order chi connectivity index (χ0) is 14.0. The molecule has 2 aromatic carbocycles. The van der Waals surface area contributed by atoms with Gasteiger partial charge in [-0.25, -0.2) is 0 Å². The van der Waals surface area contributed by atoms with Gasteiger partial charge < -0.3 is 5.73 Å². The monoisotopic (exact) mass is 317 g/mol. The van der Waals surface area contributed by atoms with E-state index in [1.165, 1.54) is 5.56 Å². The van der Waals surface area contributed by atoms with Crippen LogP contribution in [0.4, 0.5) is 5.69 Å². The highest BCUT2D eigenvalue weighted by Crippen LogP contribution is 2.22. The molecule has 2 N–H and O–H groups in total. The molecule has 2 nitrogen and oxygen atoms in total. The minimum atomic E-state index is 0.0978. The lowest BCUT2D eigenvalue weighted by atomic mass is 9.98. The van der Waals surface area contributed by atoms with Crippen molar-refractivity contribution in [1.29, 1.82) is 0 Å². The van der Waals surface area contributed by atoms with Gasteiger partial charge in [0.2, 0.25) is 0 Å². The van der Waals surface area contributed by atoms with Gasteiger partial charge in [-0.05, 0) is 59.1 Å². The average molecular weight is 318 g/mol. The molecule has 0 saturated carbocycles. The normalized spacial score (nSPS) is 10.5. The van der Waals surface area contributed by atoms with Gasteiger partial charge in [0.25, 0.3) is 0 Å². The van der Waals surface area contributed by atoms with Crippen LogP contribution in [-0.4, -0.2) is 5.78 Å². The zero-order valence-electron chi connectivity index (χ0n) is 11.0. The van der Waals surface area contributed by atoms with Crippen molar-refractivity contribution in [2.75, 3.05) is 5.73 Å². The summed E-state index contributed by atoms with van der Waals surface area (Å²) in [6.07, 6.45) is 0.413. The SMILES string of the molecule is Cc1ccc(C)c(CC(=O)c2ccc(N)cc2Br)c1. The van der Waals surface area contributed by atoms with E-state index >= 15 is 0 Å². The lowest BCUT2D eigenvalue weighted by Crippen LogP contribution is -2.06.